The molecule has 0 spiro atoms. The Balaban J connectivity index is 2.38. The van der Waals surface area contributed by atoms with Gasteiger partial charge in [0.1, 0.15) is 0 Å². The smallest absolute Gasteiger partial charge is 0.0745 e. The number of benzene rings is 1. The minimum atomic E-state index is 0.0916. The van der Waals surface area contributed by atoms with Crippen molar-refractivity contribution in [3.05, 3.63) is 52.7 Å². The fraction of sp³-hybridized carbons (Fsp3) is 0.500. The Morgan fingerprint density at radius 2 is 1.39 bits per heavy atom. The third kappa shape index (κ3) is 2.94. The maximum absolute atomic E-state index is 5.25. The number of fused-ring (bicyclic) bond motifs is 1. The highest BCUT2D eigenvalue weighted by Gasteiger charge is 2.33. The van der Waals surface area contributed by atoms with Crippen molar-refractivity contribution in [2.45, 2.75) is 71.6 Å². The molecule has 1 nitrogen and oxygen atoms in total. The molecule has 0 saturated carbocycles. The van der Waals surface area contributed by atoms with Crippen LogP contribution < -0.4 is 0 Å². The summed E-state index contributed by atoms with van der Waals surface area (Å²) in [6, 6.07) is 10.7. The lowest BCUT2D eigenvalue weighted by molar-refractivity contribution is 0.551. The molecule has 122 valence electrons. The molecule has 1 aliphatic carbocycles. The molecular weight excluding hydrogens is 278 g/mol. The predicted octanol–water partition coefficient (Wildman–Crippen LogP) is 5.83. The van der Waals surface area contributed by atoms with E-state index in [1.54, 1.807) is 5.56 Å². The molecule has 23 heavy (non-hydrogen) atoms. The summed E-state index contributed by atoms with van der Waals surface area (Å²) in [6.45, 7) is 13.8. The van der Waals surface area contributed by atoms with E-state index >= 15 is 0 Å². The van der Waals surface area contributed by atoms with Crippen molar-refractivity contribution >= 4 is 0 Å². The first-order valence-corrected chi connectivity index (χ1v) is 8.82. The highest BCUT2D eigenvalue weighted by Crippen LogP contribution is 2.42. The Morgan fingerprint density at radius 1 is 0.783 bits per heavy atom. The van der Waals surface area contributed by atoms with E-state index in [2.05, 4.69) is 71.9 Å². The first kappa shape index (κ1) is 16.2. The molecule has 0 atom stereocenters. The average molecular weight is 307 g/mol. The zero-order valence-corrected chi connectivity index (χ0v) is 15.5. The van der Waals surface area contributed by atoms with Gasteiger partial charge in [-0.2, -0.15) is 0 Å². The van der Waals surface area contributed by atoms with Gasteiger partial charge < -0.3 is 0 Å². The molecule has 0 saturated heterocycles. The summed E-state index contributed by atoms with van der Waals surface area (Å²) in [5.74, 6) is 0. The Kier molecular flexibility index (Phi) is 3.86. The minimum absolute atomic E-state index is 0.0916. The van der Waals surface area contributed by atoms with Crippen LogP contribution in [0.1, 0.15) is 70.3 Å². The Labute approximate surface area is 141 Å². The third-order valence-electron chi connectivity index (χ3n) is 4.77. The second kappa shape index (κ2) is 5.47. The summed E-state index contributed by atoms with van der Waals surface area (Å²) in [5.41, 5.74) is 8.53. The van der Waals surface area contributed by atoms with Crippen molar-refractivity contribution in [1.82, 2.24) is 4.98 Å². The summed E-state index contributed by atoms with van der Waals surface area (Å²) in [6.07, 6.45) is 3.65. The van der Waals surface area contributed by atoms with Crippen LogP contribution in [0.25, 0.3) is 11.3 Å². The fourth-order valence-corrected chi connectivity index (χ4v) is 3.89. The molecule has 1 heteroatoms. The van der Waals surface area contributed by atoms with Crippen LogP contribution in [0, 0.1) is 0 Å². The number of hydrogen-bond acceptors (Lipinski definition) is 1. The molecule has 0 fully saturated rings. The number of nitrogens with zero attached hydrogens (tertiary/aromatic N) is 1. The average Bonchev–Trinajstić information content (AvgIpc) is 2.92. The molecule has 1 aromatic carbocycles. The molecule has 1 heterocycles. The van der Waals surface area contributed by atoms with Crippen LogP contribution in [0.3, 0.4) is 0 Å². The monoisotopic (exact) mass is 307 g/mol. The van der Waals surface area contributed by atoms with Gasteiger partial charge >= 0.3 is 0 Å². The van der Waals surface area contributed by atoms with Crippen LogP contribution in [0.4, 0.5) is 0 Å². The molecule has 0 bridgehead atoms. The van der Waals surface area contributed by atoms with Crippen molar-refractivity contribution in [3.63, 3.8) is 0 Å². The zero-order chi connectivity index (χ0) is 16.8. The van der Waals surface area contributed by atoms with E-state index in [0.29, 0.717) is 0 Å². The lowest BCUT2D eigenvalue weighted by atomic mass is 9.77. The van der Waals surface area contributed by atoms with E-state index in [1.165, 1.54) is 47.3 Å². The molecular formula is C22H29N. The molecule has 0 N–H and O–H groups in total. The van der Waals surface area contributed by atoms with Crippen LogP contribution >= 0.6 is 0 Å². The fourth-order valence-electron chi connectivity index (χ4n) is 3.89. The summed E-state index contributed by atoms with van der Waals surface area (Å²) in [4.78, 5) is 5.25. The van der Waals surface area contributed by atoms with Crippen molar-refractivity contribution < 1.29 is 0 Å². The highest BCUT2D eigenvalue weighted by molar-refractivity contribution is 5.69. The summed E-state index contributed by atoms with van der Waals surface area (Å²) in [5, 5.41) is 0. The number of hydrogen-bond donors (Lipinski definition) is 0. The molecule has 0 radical (unpaired) electrons. The molecule has 3 rings (SSSR count). The van der Waals surface area contributed by atoms with Gasteiger partial charge in [0.2, 0.25) is 0 Å². The lowest BCUT2D eigenvalue weighted by Crippen LogP contribution is -2.23. The summed E-state index contributed by atoms with van der Waals surface area (Å²) < 4.78 is 0. The van der Waals surface area contributed by atoms with Crippen LogP contribution in [-0.2, 0) is 23.7 Å². The predicted molar refractivity (Wildman–Crippen MR) is 99.1 cm³/mol. The van der Waals surface area contributed by atoms with E-state index in [9.17, 15) is 0 Å². The van der Waals surface area contributed by atoms with Crippen LogP contribution in [0.15, 0.2) is 30.3 Å². The van der Waals surface area contributed by atoms with Crippen LogP contribution in [-0.4, -0.2) is 4.98 Å². The van der Waals surface area contributed by atoms with E-state index in [1.807, 2.05) is 0 Å². The molecule has 2 aromatic rings. The van der Waals surface area contributed by atoms with Crippen LogP contribution in [0.2, 0.25) is 0 Å². The van der Waals surface area contributed by atoms with Gasteiger partial charge in [-0.1, -0.05) is 71.9 Å². The molecule has 0 aliphatic heterocycles. The zero-order valence-electron chi connectivity index (χ0n) is 15.5. The van der Waals surface area contributed by atoms with Crippen molar-refractivity contribution in [2.75, 3.05) is 0 Å². The van der Waals surface area contributed by atoms with E-state index in [4.69, 9.17) is 4.98 Å². The number of pyridine rings is 1. The summed E-state index contributed by atoms with van der Waals surface area (Å²) in [7, 11) is 0. The van der Waals surface area contributed by atoms with Gasteiger partial charge in [0.15, 0.2) is 0 Å². The first-order chi connectivity index (χ1) is 10.7. The maximum Gasteiger partial charge on any atom is 0.0745 e. The van der Waals surface area contributed by atoms with Crippen molar-refractivity contribution in [2.24, 2.45) is 0 Å². The SMILES string of the molecule is CC(C)(C)c1nc(-c2ccccc2)c(C(C)(C)C)c2c1CCC2. The van der Waals surface area contributed by atoms with Gasteiger partial charge in [-0.25, -0.2) is 0 Å². The number of aromatic nitrogens is 1. The van der Waals surface area contributed by atoms with Crippen LogP contribution in [0.5, 0.6) is 0 Å². The van der Waals surface area contributed by atoms with Gasteiger partial charge in [0, 0.05) is 16.7 Å². The van der Waals surface area contributed by atoms with Gasteiger partial charge in [-0.05, 0) is 41.4 Å². The minimum Gasteiger partial charge on any atom is -0.252 e. The second-order valence-electron chi connectivity index (χ2n) is 8.86. The maximum atomic E-state index is 5.25. The molecule has 0 amide bonds. The largest absolute Gasteiger partial charge is 0.252 e. The standard InChI is InChI=1S/C22H29N/c1-21(2,3)18-16-13-10-14-17(16)20(22(4,5)6)23-19(18)15-11-8-7-9-12-15/h7-9,11-12H,10,13-14H2,1-6H3. The lowest BCUT2D eigenvalue weighted by Gasteiger charge is -2.30. The third-order valence-corrected chi connectivity index (χ3v) is 4.77. The summed E-state index contributed by atoms with van der Waals surface area (Å²) >= 11 is 0. The van der Waals surface area contributed by atoms with Gasteiger partial charge in [-0.15, -0.1) is 0 Å². The van der Waals surface area contributed by atoms with Gasteiger partial charge in [-0.3, -0.25) is 4.98 Å². The number of rotatable bonds is 1. The molecule has 0 unspecified atom stereocenters. The molecule has 1 aliphatic rings. The topological polar surface area (TPSA) is 12.9 Å². The van der Waals surface area contributed by atoms with Crippen molar-refractivity contribution in [3.8, 4) is 11.3 Å². The first-order valence-electron chi connectivity index (χ1n) is 8.82. The second-order valence-corrected chi connectivity index (χ2v) is 8.86. The van der Waals surface area contributed by atoms with Gasteiger partial charge in [0.25, 0.3) is 0 Å². The highest BCUT2D eigenvalue weighted by atomic mass is 14.8. The normalized spacial score (nSPS) is 14.9. The van der Waals surface area contributed by atoms with E-state index in [0.717, 1.165) is 0 Å². The van der Waals surface area contributed by atoms with Gasteiger partial charge in [0.05, 0.1) is 5.69 Å². The Bertz CT molecular complexity index is 712. The Hall–Kier alpha value is -1.63. The Morgan fingerprint density at radius 3 is 1.96 bits per heavy atom. The quantitative estimate of drug-likeness (QED) is 0.645. The van der Waals surface area contributed by atoms with E-state index < -0.39 is 0 Å². The van der Waals surface area contributed by atoms with E-state index in [-0.39, 0.29) is 10.8 Å². The van der Waals surface area contributed by atoms with Crippen molar-refractivity contribution in [1.29, 1.82) is 0 Å². The molecule has 1 aromatic heterocycles.